The number of rotatable bonds is 5. The van der Waals surface area contributed by atoms with Crippen LogP contribution in [0.5, 0.6) is 5.75 Å². The van der Waals surface area contributed by atoms with Gasteiger partial charge in [-0.25, -0.2) is 14.1 Å². The Kier molecular flexibility index (Phi) is 8.19. The molecule has 2 unspecified atom stereocenters. The van der Waals surface area contributed by atoms with Gasteiger partial charge >= 0.3 is 12.2 Å². The number of carbonyl (C=O) groups excluding carboxylic acids is 1. The van der Waals surface area contributed by atoms with E-state index in [0.717, 1.165) is 67.0 Å². The van der Waals surface area contributed by atoms with Crippen molar-refractivity contribution in [2.45, 2.75) is 51.6 Å². The maximum absolute atomic E-state index is 14.7. The molecule has 1 aliphatic heterocycles. The number of ether oxygens (including phenoxy) is 1. The lowest BCUT2D eigenvalue weighted by atomic mass is 9.95. The van der Waals surface area contributed by atoms with Crippen molar-refractivity contribution in [1.82, 2.24) is 4.98 Å². The number of pyridine rings is 1. The number of anilines is 2. The summed E-state index contributed by atoms with van der Waals surface area (Å²) in [4.78, 5) is 34.5. The van der Waals surface area contributed by atoms with Gasteiger partial charge in [0.1, 0.15) is 17.8 Å². The first kappa shape index (κ1) is 29.2. The lowest BCUT2D eigenvalue weighted by Gasteiger charge is -2.48. The monoisotopic (exact) mass is 597 g/mol. The second-order valence-corrected chi connectivity index (χ2v) is 12.0. The van der Waals surface area contributed by atoms with Crippen LogP contribution in [-0.4, -0.2) is 60.0 Å². The van der Waals surface area contributed by atoms with Crippen molar-refractivity contribution in [3.05, 3.63) is 81.1 Å². The third-order valence-electron chi connectivity index (χ3n) is 8.66. The van der Waals surface area contributed by atoms with Gasteiger partial charge in [0.25, 0.3) is 0 Å². The highest BCUT2D eigenvalue weighted by atomic mass is 35.5. The van der Waals surface area contributed by atoms with Crippen LogP contribution < -0.4 is 14.5 Å². The molecule has 0 bridgehead atoms. The number of halogens is 2. The second kappa shape index (κ2) is 11.5. The average molecular weight is 599 g/mol. The smallest absolute Gasteiger partial charge is 0.449 e. The minimum atomic E-state index is -1.36. The topological polar surface area (TPSA) is 83.0 Å². The van der Waals surface area contributed by atoms with Crippen molar-refractivity contribution < 1.29 is 23.9 Å². The molecule has 5 rings (SSSR count). The van der Waals surface area contributed by atoms with E-state index < -0.39 is 6.16 Å². The van der Waals surface area contributed by atoms with Gasteiger partial charge in [-0.15, -0.1) is 0 Å². The molecule has 1 N–H and O–H groups in total. The molecule has 2 atom stereocenters. The third kappa shape index (κ3) is 5.61. The van der Waals surface area contributed by atoms with Crippen LogP contribution in [0.1, 0.15) is 47.8 Å². The zero-order valence-electron chi connectivity index (χ0n) is 23.7. The fraction of sp³-hybridized carbons (Fsp3) is 0.387. The highest BCUT2D eigenvalue weighted by Gasteiger charge is 2.52. The van der Waals surface area contributed by atoms with Crippen molar-refractivity contribution in [1.29, 1.82) is 0 Å². The van der Waals surface area contributed by atoms with Crippen molar-refractivity contribution in [2.24, 2.45) is 0 Å². The maximum Gasteiger partial charge on any atom is 0.511 e. The maximum atomic E-state index is 14.7. The van der Waals surface area contributed by atoms with Crippen LogP contribution in [-0.2, 0) is 6.42 Å². The molecule has 0 radical (unpaired) electrons. The first-order valence-electron chi connectivity index (χ1n) is 13.8. The molecule has 0 spiro atoms. The minimum Gasteiger partial charge on any atom is -0.449 e. The fourth-order valence-corrected chi connectivity index (χ4v) is 7.08. The van der Waals surface area contributed by atoms with Crippen LogP contribution in [0.2, 0.25) is 10.0 Å². The number of aromatic nitrogens is 1. The standard InChI is InChI=1S/C31H34Cl2N4O4/c1-19-16-22(17-20(2)34-19)36-14-12-23(13-15-36)37(4,30(38)35(3)27-7-5-6-26(32)29(27)33)28-11-9-21-8-10-24(18-25(21)28)41-31(39)40/h5-8,10,16-18,23,28H,9,11-15H2,1-4H3/p+1. The van der Waals surface area contributed by atoms with Crippen LogP contribution in [0.25, 0.3) is 0 Å². The van der Waals surface area contributed by atoms with Crippen LogP contribution in [0.15, 0.2) is 48.5 Å². The number of piperidine rings is 1. The van der Waals surface area contributed by atoms with Gasteiger partial charge in [-0.2, -0.15) is 0 Å². The number of carbonyl (C=O) groups is 2. The van der Waals surface area contributed by atoms with Crippen molar-refractivity contribution in [3.8, 4) is 5.75 Å². The molecule has 1 saturated heterocycles. The number of urea groups is 1. The SMILES string of the molecule is Cc1cc(N2CCC([N+](C)(C(=O)N(C)c3cccc(Cl)c3Cl)C3CCc4ccc(OC(=O)O)cc43)CC2)cc(C)n1. The van der Waals surface area contributed by atoms with Crippen LogP contribution in [0.3, 0.4) is 0 Å². The molecule has 1 fully saturated rings. The zero-order valence-corrected chi connectivity index (χ0v) is 25.2. The number of hydrogen-bond acceptors (Lipinski definition) is 5. The Morgan fingerprint density at radius 3 is 2.39 bits per heavy atom. The molecule has 2 aliphatic rings. The van der Waals surface area contributed by atoms with Gasteiger partial charge in [-0.05, 0) is 62.2 Å². The lowest BCUT2D eigenvalue weighted by Crippen LogP contribution is -2.64. The number of fused-ring (bicyclic) bond motifs is 1. The van der Waals surface area contributed by atoms with Gasteiger partial charge in [0, 0.05) is 62.0 Å². The van der Waals surface area contributed by atoms with Gasteiger partial charge in [0.05, 0.1) is 22.8 Å². The highest BCUT2D eigenvalue weighted by Crippen LogP contribution is 2.46. The summed E-state index contributed by atoms with van der Waals surface area (Å²) in [6, 6.07) is 14.6. The molecule has 41 heavy (non-hydrogen) atoms. The molecule has 2 amide bonds. The molecule has 10 heteroatoms. The Labute approximate surface area is 250 Å². The summed E-state index contributed by atoms with van der Waals surface area (Å²) in [7, 11) is 3.76. The molecule has 2 heterocycles. The van der Waals surface area contributed by atoms with Gasteiger partial charge in [-0.3, -0.25) is 9.88 Å². The van der Waals surface area contributed by atoms with Crippen molar-refractivity contribution in [3.63, 3.8) is 0 Å². The van der Waals surface area contributed by atoms with E-state index in [2.05, 4.69) is 22.0 Å². The van der Waals surface area contributed by atoms with Gasteiger partial charge in [0.2, 0.25) is 0 Å². The van der Waals surface area contributed by atoms with E-state index in [-0.39, 0.29) is 28.3 Å². The largest absolute Gasteiger partial charge is 0.511 e. The Morgan fingerprint density at radius 2 is 1.73 bits per heavy atom. The predicted octanol–water partition coefficient (Wildman–Crippen LogP) is 7.42. The summed E-state index contributed by atoms with van der Waals surface area (Å²) in [6.45, 7) is 5.62. The fourth-order valence-electron chi connectivity index (χ4n) is 6.66. The summed E-state index contributed by atoms with van der Waals surface area (Å²) in [5.74, 6) is 0.256. The lowest BCUT2D eigenvalue weighted by molar-refractivity contribution is -0.887. The summed E-state index contributed by atoms with van der Waals surface area (Å²) < 4.78 is 5.13. The van der Waals surface area contributed by atoms with Crippen molar-refractivity contribution >= 4 is 46.8 Å². The molecule has 1 aliphatic carbocycles. The predicted molar refractivity (Wildman–Crippen MR) is 162 cm³/mol. The molecule has 3 aromatic rings. The summed E-state index contributed by atoms with van der Waals surface area (Å²) >= 11 is 12.9. The molecule has 0 saturated carbocycles. The molecule has 1 aromatic heterocycles. The van der Waals surface area contributed by atoms with Crippen molar-refractivity contribution in [2.75, 3.05) is 37.0 Å². The summed E-state index contributed by atoms with van der Waals surface area (Å²) in [6.07, 6.45) is 1.80. The number of aryl methyl sites for hydroxylation is 3. The summed E-state index contributed by atoms with van der Waals surface area (Å²) in [5.41, 5.74) is 5.73. The average Bonchev–Trinajstić information content (AvgIpc) is 3.36. The van der Waals surface area contributed by atoms with Gasteiger partial charge in [-0.1, -0.05) is 35.3 Å². The quantitative estimate of drug-likeness (QED) is 0.187. The number of amides is 2. The van der Waals surface area contributed by atoms with E-state index in [9.17, 15) is 14.7 Å². The number of quaternary nitrogens is 1. The van der Waals surface area contributed by atoms with E-state index in [1.165, 1.54) is 0 Å². The number of carboxylic acid groups (broad SMARTS) is 1. The van der Waals surface area contributed by atoms with E-state index in [1.54, 1.807) is 42.3 Å². The Balaban J connectivity index is 1.52. The van der Waals surface area contributed by atoms with E-state index in [0.29, 0.717) is 15.7 Å². The van der Waals surface area contributed by atoms with E-state index in [4.69, 9.17) is 27.9 Å². The highest BCUT2D eigenvalue weighted by molar-refractivity contribution is 6.44. The normalized spacial score (nSPS) is 18.5. The van der Waals surface area contributed by atoms with E-state index in [1.807, 2.05) is 27.0 Å². The van der Waals surface area contributed by atoms with Gasteiger partial charge in [0.15, 0.2) is 0 Å². The first-order valence-corrected chi connectivity index (χ1v) is 14.6. The molecule has 2 aromatic carbocycles. The second-order valence-electron chi connectivity index (χ2n) is 11.2. The first-order chi connectivity index (χ1) is 19.5. The number of benzene rings is 2. The summed E-state index contributed by atoms with van der Waals surface area (Å²) in [5, 5.41) is 9.93. The molecule has 8 nitrogen and oxygen atoms in total. The van der Waals surface area contributed by atoms with Crippen LogP contribution >= 0.6 is 23.2 Å². The Morgan fingerprint density at radius 1 is 1.05 bits per heavy atom. The minimum absolute atomic E-state index is 0.0168. The Hall–Kier alpha value is -3.33. The van der Waals surface area contributed by atoms with Gasteiger partial charge < -0.3 is 14.7 Å². The molecule has 216 valence electrons. The molecular formula is C31H35Cl2N4O4+. The van der Waals surface area contributed by atoms with Crippen LogP contribution in [0.4, 0.5) is 21.0 Å². The number of hydrogen-bond donors (Lipinski definition) is 1. The Bertz CT molecular complexity index is 1470. The molecular weight excluding hydrogens is 563 g/mol. The van der Waals surface area contributed by atoms with Crippen LogP contribution in [0, 0.1) is 13.8 Å². The number of nitrogens with zero attached hydrogens (tertiary/aromatic N) is 4. The van der Waals surface area contributed by atoms with E-state index >= 15 is 0 Å². The zero-order chi connectivity index (χ0) is 29.5. The third-order valence-corrected chi connectivity index (χ3v) is 9.47.